The van der Waals surface area contributed by atoms with Crippen LogP contribution in [0, 0.1) is 6.92 Å². The van der Waals surface area contributed by atoms with E-state index in [1.165, 1.54) is 14.2 Å². The molecule has 27 heavy (non-hydrogen) atoms. The summed E-state index contributed by atoms with van der Waals surface area (Å²) in [6.45, 7) is 6.10. The normalized spacial score (nSPS) is 10.3. The molecule has 0 saturated heterocycles. The van der Waals surface area contributed by atoms with Crippen LogP contribution < -0.4 is 25.0 Å². The fourth-order valence-electron chi connectivity index (χ4n) is 2.00. The first-order chi connectivity index (χ1) is 13.1. The van der Waals surface area contributed by atoms with E-state index >= 15 is 0 Å². The number of hydrogen-bond donors (Lipinski definition) is 2. The number of aromatic nitrogens is 2. The number of aryl methyl sites for hydroxylation is 1. The highest BCUT2D eigenvalue weighted by molar-refractivity contribution is 7.80. The van der Waals surface area contributed by atoms with Crippen molar-refractivity contribution < 1.29 is 14.2 Å². The van der Waals surface area contributed by atoms with Gasteiger partial charge in [-0.15, -0.1) is 6.58 Å². The van der Waals surface area contributed by atoms with Crippen LogP contribution >= 0.6 is 12.2 Å². The number of hydrogen-bond acceptors (Lipinski definition) is 7. The molecule has 2 N–H and O–H groups in total. The maximum atomic E-state index is 5.83. The molecule has 0 spiro atoms. The van der Waals surface area contributed by atoms with Crippen molar-refractivity contribution in [1.82, 2.24) is 20.7 Å². The lowest BCUT2D eigenvalue weighted by Crippen LogP contribution is -2.31. The van der Waals surface area contributed by atoms with Gasteiger partial charge in [-0.3, -0.25) is 5.43 Å². The Bertz CT molecular complexity index is 819. The molecule has 9 heteroatoms. The summed E-state index contributed by atoms with van der Waals surface area (Å²) < 4.78 is 16.1. The quantitative estimate of drug-likeness (QED) is 0.309. The molecule has 1 heterocycles. The van der Waals surface area contributed by atoms with Crippen LogP contribution in [0.25, 0.3) is 0 Å². The number of nitrogens with zero attached hydrogens (tertiary/aromatic N) is 3. The van der Waals surface area contributed by atoms with Gasteiger partial charge in [0.05, 0.1) is 26.5 Å². The highest BCUT2D eigenvalue weighted by Gasteiger charge is 2.11. The van der Waals surface area contributed by atoms with Crippen molar-refractivity contribution in [3.63, 3.8) is 0 Å². The number of nitrogens with one attached hydrogen (secondary N) is 2. The van der Waals surface area contributed by atoms with E-state index in [4.69, 9.17) is 26.4 Å². The molecular formula is C18H21N5O3S. The van der Waals surface area contributed by atoms with E-state index in [1.807, 2.05) is 19.1 Å². The van der Waals surface area contributed by atoms with Crippen molar-refractivity contribution in [3.05, 3.63) is 48.0 Å². The van der Waals surface area contributed by atoms with E-state index in [0.717, 1.165) is 11.1 Å². The zero-order chi connectivity index (χ0) is 19.6. The fourth-order valence-corrected chi connectivity index (χ4v) is 2.14. The molecule has 0 aliphatic rings. The molecular weight excluding hydrogens is 366 g/mol. The Morgan fingerprint density at radius 1 is 1.26 bits per heavy atom. The largest absolute Gasteiger partial charge is 0.481 e. The maximum absolute atomic E-state index is 5.83. The lowest BCUT2D eigenvalue weighted by Gasteiger charge is -2.11. The zero-order valence-electron chi connectivity index (χ0n) is 15.4. The molecule has 0 bridgehead atoms. The second kappa shape index (κ2) is 10.1. The van der Waals surface area contributed by atoms with Crippen LogP contribution in [0.5, 0.6) is 23.5 Å². The molecule has 0 aliphatic heterocycles. The number of thiocarbonyl (C=S) groups is 1. The first-order valence-corrected chi connectivity index (χ1v) is 8.40. The van der Waals surface area contributed by atoms with Gasteiger partial charge in [0.15, 0.2) is 5.11 Å². The van der Waals surface area contributed by atoms with Crippen molar-refractivity contribution in [2.24, 2.45) is 5.10 Å². The van der Waals surface area contributed by atoms with Crippen LogP contribution in [0.3, 0.4) is 0 Å². The summed E-state index contributed by atoms with van der Waals surface area (Å²) in [7, 11) is 3.01. The van der Waals surface area contributed by atoms with Gasteiger partial charge < -0.3 is 19.5 Å². The molecule has 1 aromatic carbocycles. The third-order valence-electron chi connectivity index (χ3n) is 3.33. The smallest absolute Gasteiger partial charge is 0.328 e. The van der Waals surface area contributed by atoms with Crippen molar-refractivity contribution in [1.29, 1.82) is 0 Å². The van der Waals surface area contributed by atoms with E-state index in [2.05, 4.69) is 32.4 Å². The van der Waals surface area contributed by atoms with Gasteiger partial charge in [-0.1, -0.05) is 18.2 Å². The molecule has 2 rings (SSSR count). The third kappa shape index (κ3) is 5.93. The van der Waals surface area contributed by atoms with Crippen LogP contribution in [0.15, 0.2) is 42.0 Å². The molecule has 1 aromatic heterocycles. The summed E-state index contributed by atoms with van der Waals surface area (Å²) in [4.78, 5) is 8.34. The Balaban J connectivity index is 2.22. The van der Waals surface area contributed by atoms with Crippen LogP contribution in [-0.4, -0.2) is 42.1 Å². The van der Waals surface area contributed by atoms with Crippen molar-refractivity contribution in [2.45, 2.75) is 6.92 Å². The Morgan fingerprint density at radius 2 is 1.96 bits per heavy atom. The lowest BCUT2D eigenvalue weighted by atomic mass is 10.1. The predicted octanol–water partition coefficient (Wildman–Crippen LogP) is 2.58. The lowest BCUT2D eigenvalue weighted by molar-refractivity contribution is 0.348. The molecule has 0 saturated carbocycles. The minimum absolute atomic E-state index is 0.0996. The van der Waals surface area contributed by atoms with E-state index in [9.17, 15) is 0 Å². The minimum atomic E-state index is 0.0996. The van der Waals surface area contributed by atoms with Gasteiger partial charge in [0.1, 0.15) is 5.75 Å². The molecule has 0 atom stereocenters. The van der Waals surface area contributed by atoms with E-state index in [-0.39, 0.29) is 6.01 Å². The van der Waals surface area contributed by atoms with E-state index in [0.29, 0.717) is 29.2 Å². The van der Waals surface area contributed by atoms with Gasteiger partial charge in [0.25, 0.3) is 0 Å². The van der Waals surface area contributed by atoms with Gasteiger partial charge in [-0.25, -0.2) is 0 Å². The molecule has 0 unspecified atom stereocenters. The second-order valence-electron chi connectivity index (χ2n) is 5.19. The van der Waals surface area contributed by atoms with Gasteiger partial charge >= 0.3 is 6.01 Å². The second-order valence-corrected chi connectivity index (χ2v) is 5.60. The zero-order valence-corrected chi connectivity index (χ0v) is 16.2. The molecule has 8 nitrogen and oxygen atoms in total. The average Bonchev–Trinajstić information content (AvgIpc) is 2.68. The Morgan fingerprint density at radius 3 is 2.59 bits per heavy atom. The fraction of sp³-hybridized carbons (Fsp3) is 0.222. The molecule has 0 aliphatic carbocycles. The first-order valence-electron chi connectivity index (χ1n) is 7.99. The summed E-state index contributed by atoms with van der Waals surface area (Å²) in [6, 6.07) is 7.26. The third-order valence-corrected chi connectivity index (χ3v) is 3.56. The first kappa shape index (κ1) is 20.1. The predicted molar refractivity (Wildman–Crippen MR) is 108 cm³/mol. The highest BCUT2D eigenvalue weighted by Crippen LogP contribution is 2.27. The maximum Gasteiger partial charge on any atom is 0.328 e. The summed E-state index contributed by atoms with van der Waals surface area (Å²) in [6.07, 6.45) is 3.32. The number of benzene rings is 1. The van der Waals surface area contributed by atoms with Gasteiger partial charge in [0, 0.05) is 12.1 Å². The van der Waals surface area contributed by atoms with Crippen LogP contribution in [0.2, 0.25) is 0 Å². The Kier molecular flexibility index (Phi) is 7.50. The number of rotatable bonds is 8. The number of ether oxygens (including phenoxy) is 3. The van der Waals surface area contributed by atoms with Gasteiger partial charge in [-0.2, -0.15) is 15.1 Å². The average molecular weight is 387 g/mol. The number of hydrazone groups is 1. The van der Waals surface area contributed by atoms with Crippen LogP contribution in [-0.2, 0) is 0 Å². The molecule has 2 aromatic rings. The summed E-state index contributed by atoms with van der Waals surface area (Å²) in [5.41, 5.74) is 4.44. The standard InChI is InChI=1S/C18H21N5O3S/c1-5-9-19-18(27)23-20-11-13-12(2)7-6-8-14(13)26-17-21-15(24-3)10-16(22-17)25-4/h5-8,10-11H,1,9H2,2-4H3,(H2,19,23,27)/b20-11+. The summed E-state index contributed by atoms with van der Waals surface area (Å²) in [5, 5.41) is 7.46. The van der Waals surface area contributed by atoms with E-state index < -0.39 is 0 Å². The highest BCUT2D eigenvalue weighted by atomic mass is 32.1. The number of methoxy groups -OCH3 is 2. The Hall–Kier alpha value is -3.20. The summed E-state index contributed by atoms with van der Waals surface area (Å²) in [5.74, 6) is 1.20. The van der Waals surface area contributed by atoms with Crippen molar-refractivity contribution >= 4 is 23.5 Å². The van der Waals surface area contributed by atoms with Gasteiger partial charge in [0.2, 0.25) is 11.8 Å². The SMILES string of the molecule is C=CCNC(=S)N/N=C/c1c(C)cccc1Oc1nc(OC)cc(OC)n1. The van der Waals surface area contributed by atoms with Crippen molar-refractivity contribution in [2.75, 3.05) is 20.8 Å². The topological polar surface area (TPSA) is 89.9 Å². The summed E-state index contributed by atoms with van der Waals surface area (Å²) >= 11 is 5.10. The van der Waals surface area contributed by atoms with Crippen LogP contribution in [0.1, 0.15) is 11.1 Å². The van der Waals surface area contributed by atoms with E-state index in [1.54, 1.807) is 24.4 Å². The molecule has 0 amide bonds. The van der Waals surface area contributed by atoms with Gasteiger partial charge in [-0.05, 0) is 30.8 Å². The van der Waals surface area contributed by atoms with Crippen molar-refractivity contribution in [3.8, 4) is 23.5 Å². The molecule has 0 radical (unpaired) electrons. The van der Waals surface area contributed by atoms with Crippen LogP contribution in [0.4, 0.5) is 0 Å². The molecule has 0 fully saturated rings. The monoisotopic (exact) mass is 387 g/mol. The minimum Gasteiger partial charge on any atom is -0.481 e. The molecule has 142 valence electrons. The Labute approximate surface area is 163 Å².